The number of hydrogen-bond donors (Lipinski definition) is 2. The molecule has 0 spiro atoms. The van der Waals surface area contributed by atoms with Crippen LogP contribution in [0.5, 0.6) is 0 Å². The zero-order valence-electron chi connectivity index (χ0n) is 17.5. The summed E-state index contributed by atoms with van der Waals surface area (Å²) in [6, 6.07) is 2.41. The molecule has 0 radical (unpaired) electrons. The van der Waals surface area contributed by atoms with E-state index < -0.39 is 6.10 Å². The summed E-state index contributed by atoms with van der Waals surface area (Å²) in [5, 5.41) is 32.1. The van der Waals surface area contributed by atoms with E-state index >= 15 is 0 Å². The van der Waals surface area contributed by atoms with E-state index in [0.29, 0.717) is 12.0 Å². The molecule has 1 unspecified atom stereocenters. The molecule has 1 saturated carbocycles. The zero-order chi connectivity index (χ0) is 21.4. The number of hydrogen-bond acceptors (Lipinski definition) is 6. The van der Waals surface area contributed by atoms with Crippen molar-refractivity contribution in [1.82, 2.24) is 34.2 Å². The van der Waals surface area contributed by atoms with Crippen molar-refractivity contribution in [3.05, 3.63) is 43.2 Å². The fourth-order valence-corrected chi connectivity index (χ4v) is 4.63. The molecule has 0 amide bonds. The summed E-state index contributed by atoms with van der Waals surface area (Å²) in [5.41, 5.74) is 4.27. The Morgan fingerprint density at radius 2 is 1.97 bits per heavy atom. The van der Waals surface area contributed by atoms with E-state index in [1.165, 1.54) is 25.7 Å². The van der Waals surface area contributed by atoms with Crippen LogP contribution in [0, 0.1) is 5.92 Å². The highest BCUT2D eigenvalue weighted by molar-refractivity contribution is 5.78. The summed E-state index contributed by atoms with van der Waals surface area (Å²) in [7, 11) is 0. The fourth-order valence-electron chi connectivity index (χ4n) is 4.63. The Morgan fingerprint density at radius 3 is 2.81 bits per heavy atom. The maximum Gasteiger partial charge on any atom is 0.0999 e. The van der Waals surface area contributed by atoms with Crippen molar-refractivity contribution < 1.29 is 10.2 Å². The molecule has 9 heteroatoms. The quantitative estimate of drug-likeness (QED) is 0.475. The lowest BCUT2D eigenvalue weighted by Crippen LogP contribution is -2.19. The van der Waals surface area contributed by atoms with Crippen LogP contribution in [0.4, 0.5) is 0 Å². The summed E-state index contributed by atoms with van der Waals surface area (Å²) in [6.07, 6.45) is 15.2. The smallest absolute Gasteiger partial charge is 0.0999 e. The lowest BCUT2D eigenvalue weighted by Gasteiger charge is -2.18. The molecular formula is C22H27N7O2. The van der Waals surface area contributed by atoms with Crippen molar-refractivity contribution in [2.75, 3.05) is 6.61 Å². The number of fused-ring (bicyclic) bond motifs is 1. The summed E-state index contributed by atoms with van der Waals surface area (Å²) in [5.74, 6) is 0.683. The third-order valence-corrected chi connectivity index (χ3v) is 6.29. The monoisotopic (exact) mass is 421 g/mol. The molecule has 1 aliphatic rings. The Kier molecular flexibility index (Phi) is 5.29. The van der Waals surface area contributed by atoms with Crippen LogP contribution in [0.1, 0.15) is 38.6 Å². The maximum absolute atomic E-state index is 9.68. The first-order chi connectivity index (χ1) is 15.2. The molecule has 162 valence electrons. The molecule has 9 nitrogen and oxygen atoms in total. The molecule has 4 heterocycles. The summed E-state index contributed by atoms with van der Waals surface area (Å²) < 4.78 is 5.54. The molecule has 4 aromatic rings. The lowest BCUT2D eigenvalue weighted by molar-refractivity contribution is 0.0783. The van der Waals surface area contributed by atoms with E-state index in [1.54, 1.807) is 17.1 Å². The minimum atomic E-state index is -0.849. The summed E-state index contributed by atoms with van der Waals surface area (Å²) in [6.45, 7) is 2.18. The zero-order valence-corrected chi connectivity index (χ0v) is 17.5. The molecule has 0 saturated heterocycles. The lowest BCUT2D eigenvalue weighted by atomic mass is 10.0. The first kappa shape index (κ1) is 19.9. The van der Waals surface area contributed by atoms with Crippen LogP contribution in [0.25, 0.3) is 28.0 Å². The second-order valence-corrected chi connectivity index (χ2v) is 8.30. The van der Waals surface area contributed by atoms with Crippen molar-refractivity contribution in [2.24, 2.45) is 5.92 Å². The average Bonchev–Trinajstić information content (AvgIpc) is 3.58. The van der Waals surface area contributed by atoms with Gasteiger partial charge in [0.05, 0.1) is 67.0 Å². The number of aliphatic hydroxyl groups is 2. The van der Waals surface area contributed by atoms with Gasteiger partial charge in [-0.1, -0.05) is 19.8 Å². The van der Waals surface area contributed by atoms with Crippen molar-refractivity contribution in [1.29, 1.82) is 0 Å². The van der Waals surface area contributed by atoms with Gasteiger partial charge in [-0.15, -0.1) is 0 Å². The molecular weight excluding hydrogens is 394 g/mol. The van der Waals surface area contributed by atoms with Crippen molar-refractivity contribution in [3.63, 3.8) is 0 Å². The average molecular weight is 422 g/mol. The Balaban J connectivity index is 1.51. The topological polar surface area (TPSA) is 106 Å². The SMILES string of the molecule is CC[C@@H]1CCC[C@@H]1n1cc(-c2nc(-c3cnn(CC(O)CO)c3)cn3nccc23)cn1. The van der Waals surface area contributed by atoms with Gasteiger partial charge in [0.1, 0.15) is 0 Å². The van der Waals surface area contributed by atoms with Gasteiger partial charge in [0.2, 0.25) is 0 Å². The fraction of sp³-hybridized carbons (Fsp3) is 0.455. The van der Waals surface area contributed by atoms with Gasteiger partial charge in [0, 0.05) is 23.5 Å². The molecule has 31 heavy (non-hydrogen) atoms. The molecule has 1 fully saturated rings. The Labute approximate surface area is 180 Å². The Morgan fingerprint density at radius 1 is 1.10 bits per heavy atom. The van der Waals surface area contributed by atoms with Crippen LogP contribution in [0.15, 0.2) is 43.2 Å². The highest BCUT2D eigenvalue weighted by Gasteiger charge is 2.28. The van der Waals surface area contributed by atoms with Crippen molar-refractivity contribution in [2.45, 2.75) is 51.3 Å². The normalized spacial score (nSPS) is 20.0. The predicted molar refractivity (Wildman–Crippen MR) is 115 cm³/mol. The van der Waals surface area contributed by atoms with Gasteiger partial charge >= 0.3 is 0 Å². The van der Waals surface area contributed by atoms with Gasteiger partial charge in [0.25, 0.3) is 0 Å². The predicted octanol–water partition coefficient (Wildman–Crippen LogP) is 2.56. The van der Waals surface area contributed by atoms with Crippen LogP contribution in [0.2, 0.25) is 0 Å². The molecule has 4 aromatic heterocycles. The third kappa shape index (κ3) is 3.75. The van der Waals surface area contributed by atoms with Crippen LogP contribution < -0.4 is 0 Å². The molecule has 2 N–H and O–H groups in total. The minimum Gasteiger partial charge on any atom is -0.394 e. The highest BCUT2D eigenvalue weighted by Crippen LogP contribution is 2.38. The van der Waals surface area contributed by atoms with Crippen LogP contribution >= 0.6 is 0 Å². The molecule has 0 aromatic carbocycles. The first-order valence-corrected chi connectivity index (χ1v) is 10.9. The molecule has 5 rings (SSSR count). The van der Waals surface area contributed by atoms with Gasteiger partial charge in [-0.2, -0.15) is 15.3 Å². The third-order valence-electron chi connectivity index (χ3n) is 6.29. The number of aromatic nitrogens is 7. The van der Waals surface area contributed by atoms with E-state index in [9.17, 15) is 5.11 Å². The van der Waals surface area contributed by atoms with Crippen molar-refractivity contribution in [3.8, 4) is 22.5 Å². The Hall–Kier alpha value is -3.04. The summed E-state index contributed by atoms with van der Waals surface area (Å²) >= 11 is 0. The number of rotatable bonds is 7. The van der Waals surface area contributed by atoms with Gasteiger partial charge in [-0.25, -0.2) is 9.50 Å². The van der Waals surface area contributed by atoms with E-state index in [1.807, 2.05) is 29.2 Å². The van der Waals surface area contributed by atoms with E-state index in [2.05, 4.69) is 28.0 Å². The van der Waals surface area contributed by atoms with E-state index in [4.69, 9.17) is 15.2 Å². The molecule has 0 aliphatic heterocycles. The maximum atomic E-state index is 9.68. The number of nitrogens with zero attached hydrogens (tertiary/aromatic N) is 7. The standard InChI is InChI=1S/C22H27N7O2/c1-2-15-4-3-5-20(15)28-11-17(9-25-28)22-21-6-7-23-29(21)13-19(26-22)16-8-24-27(10-16)12-18(31)14-30/h6-11,13,15,18,20,30-31H,2-5,12,14H2,1H3/t15-,18?,20+/m1/s1. The largest absolute Gasteiger partial charge is 0.394 e. The van der Waals surface area contributed by atoms with Gasteiger partial charge in [-0.3, -0.25) is 9.36 Å². The highest BCUT2D eigenvalue weighted by atomic mass is 16.3. The van der Waals surface area contributed by atoms with E-state index in [0.717, 1.165) is 28.0 Å². The molecule has 0 bridgehead atoms. The van der Waals surface area contributed by atoms with Gasteiger partial charge < -0.3 is 10.2 Å². The van der Waals surface area contributed by atoms with Crippen molar-refractivity contribution >= 4 is 5.52 Å². The minimum absolute atomic E-state index is 0.222. The second-order valence-electron chi connectivity index (χ2n) is 8.30. The van der Waals surface area contributed by atoms with Gasteiger partial charge in [-0.05, 0) is 24.8 Å². The number of aliphatic hydroxyl groups excluding tert-OH is 2. The Bertz CT molecular complexity index is 1180. The second kappa shape index (κ2) is 8.24. The van der Waals surface area contributed by atoms with Crippen LogP contribution in [-0.4, -0.2) is 57.1 Å². The molecule has 3 atom stereocenters. The first-order valence-electron chi connectivity index (χ1n) is 10.9. The molecule has 1 aliphatic carbocycles. The van der Waals surface area contributed by atoms with Crippen LogP contribution in [-0.2, 0) is 6.54 Å². The van der Waals surface area contributed by atoms with Gasteiger partial charge in [0.15, 0.2) is 0 Å². The van der Waals surface area contributed by atoms with E-state index in [-0.39, 0.29) is 13.2 Å². The van der Waals surface area contributed by atoms with Crippen LogP contribution in [0.3, 0.4) is 0 Å². The summed E-state index contributed by atoms with van der Waals surface area (Å²) in [4.78, 5) is 4.93.